The Morgan fingerprint density at radius 3 is 2.54 bits per heavy atom. The average molecular weight is 358 g/mol. The molecular weight excluding hydrogens is 332 g/mol. The average Bonchev–Trinajstić information content (AvgIpc) is 2.65. The molecule has 6 heteroatoms. The maximum absolute atomic E-state index is 12.0. The van der Waals surface area contributed by atoms with Crippen LogP contribution in [0.25, 0.3) is 0 Å². The van der Waals surface area contributed by atoms with E-state index in [-0.39, 0.29) is 5.91 Å². The van der Waals surface area contributed by atoms with Gasteiger partial charge >= 0.3 is 0 Å². The van der Waals surface area contributed by atoms with Crippen molar-refractivity contribution in [3.63, 3.8) is 0 Å². The second-order valence-electron chi connectivity index (χ2n) is 5.87. The summed E-state index contributed by atoms with van der Waals surface area (Å²) >= 11 is 0. The molecule has 0 saturated carbocycles. The molecule has 26 heavy (non-hydrogen) atoms. The van der Waals surface area contributed by atoms with Crippen LogP contribution in [-0.2, 0) is 11.3 Å². The van der Waals surface area contributed by atoms with Crippen molar-refractivity contribution in [1.29, 1.82) is 0 Å². The first kappa shape index (κ1) is 19.6. The van der Waals surface area contributed by atoms with Crippen LogP contribution in [0, 0.1) is 0 Å². The molecule has 0 unspecified atom stereocenters. The summed E-state index contributed by atoms with van der Waals surface area (Å²) in [6, 6.07) is 15.3. The topological polar surface area (TPSA) is 60.0 Å². The molecule has 0 atom stereocenters. The Hall–Kier alpha value is -2.73. The van der Waals surface area contributed by atoms with E-state index in [1.54, 1.807) is 14.2 Å². The van der Waals surface area contributed by atoms with Crippen molar-refractivity contribution in [2.75, 3.05) is 41.0 Å². The van der Waals surface area contributed by atoms with Crippen LogP contribution in [0.15, 0.2) is 48.5 Å². The van der Waals surface area contributed by atoms with Crippen LogP contribution >= 0.6 is 0 Å². The van der Waals surface area contributed by atoms with Crippen LogP contribution in [0.1, 0.15) is 5.56 Å². The minimum Gasteiger partial charge on any atom is -0.497 e. The van der Waals surface area contributed by atoms with E-state index in [0.29, 0.717) is 37.7 Å². The zero-order valence-electron chi connectivity index (χ0n) is 15.5. The number of methoxy groups -OCH3 is 2. The van der Waals surface area contributed by atoms with E-state index in [9.17, 15) is 4.79 Å². The second-order valence-corrected chi connectivity index (χ2v) is 5.87. The Labute approximate surface area is 154 Å². The van der Waals surface area contributed by atoms with Crippen molar-refractivity contribution in [2.45, 2.75) is 6.54 Å². The van der Waals surface area contributed by atoms with E-state index < -0.39 is 0 Å². The molecule has 2 rings (SSSR count). The fourth-order valence-electron chi connectivity index (χ4n) is 2.53. The summed E-state index contributed by atoms with van der Waals surface area (Å²) in [7, 11) is 5.15. The normalized spacial score (nSPS) is 10.5. The molecule has 1 amide bonds. The largest absolute Gasteiger partial charge is 0.497 e. The second kappa shape index (κ2) is 10.3. The van der Waals surface area contributed by atoms with Crippen LogP contribution < -0.4 is 19.5 Å². The highest BCUT2D eigenvalue weighted by atomic mass is 16.5. The van der Waals surface area contributed by atoms with Gasteiger partial charge in [-0.2, -0.15) is 0 Å². The predicted octanol–water partition coefficient (Wildman–Crippen LogP) is 2.33. The third kappa shape index (κ3) is 6.29. The minimum absolute atomic E-state index is 0.0426. The van der Waals surface area contributed by atoms with Crippen molar-refractivity contribution >= 4 is 5.91 Å². The third-order valence-corrected chi connectivity index (χ3v) is 3.75. The number of carbonyl (C=O) groups is 1. The lowest BCUT2D eigenvalue weighted by Crippen LogP contribution is -2.36. The van der Waals surface area contributed by atoms with Crippen molar-refractivity contribution in [2.24, 2.45) is 0 Å². The first-order chi connectivity index (χ1) is 12.6. The van der Waals surface area contributed by atoms with Gasteiger partial charge in [0.2, 0.25) is 5.91 Å². The maximum atomic E-state index is 12.0. The number of rotatable bonds is 10. The van der Waals surface area contributed by atoms with Gasteiger partial charge in [0.05, 0.1) is 27.3 Å². The van der Waals surface area contributed by atoms with Gasteiger partial charge in [-0.1, -0.05) is 24.3 Å². The van der Waals surface area contributed by atoms with Gasteiger partial charge in [-0.3, -0.25) is 9.69 Å². The molecular formula is C20H26N2O4. The van der Waals surface area contributed by atoms with Gasteiger partial charge in [0.1, 0.15) is 12.4 Å². The zero-order chi connectivity index (χ0) is 18.8. The Morgan fingerprint density at radius 1 is 1.04 bits per heavy atom. The van der Waals surface area contributed by atoms with E-state index in [2.05, 4.69) is 5.32 Å². The molecule has 140 valence electrons. The highest BCUT2D eigenvalue weighted by molar-refractivity contribution is 5.77. The molecule has 0 spiro atoms. The van der Waals surface area contributed by atoms with E-state index in [4.69, 9.17) is 14.2 Å². The molecule has 0 aromatic heterocycles. The number of hydrogen-bond acceptors (Lipinski definition) is 5. The molecule has 0 radical (unpaired) electrons. The van der Waals surface area contributed by atoms with E-state index in [0.717, 1.165) is 11.3 Å². The molecule has 0 saturated heterocycles. The lowest BCUT2D eigenvalue weighted by molar-refractivity contribution is -0.122. The molecule has 0 heterocycles. The molecule has 0 aliphatic carbocycles. The molecule has 0 aliphatic heterocycles. The van der Waals surface area contributed by atoms with Crippen LogP contribution in [0.3, 0.4) is 0 Å². The number of benzene rings is 2. The Balaban J connectivity index is 1.69. The molecule has 2 aromatic carbocycles. The lowest BCUT2D eigenvalue weighted by Gasteiger charge is -2.17. The number of amides is 1. The van der Waals surface area contributed by atoms with E-state index in [1.807, 2.05) is 60.5 Å². The van der Waals surface area contributed by atoms with Crippen LogP contribution in [0.5, 0.6) is 17.2 Å². The summed E-state index contributed by atoms with van der Waals surface area (Å²) in [6.45, 7) is 1.80. The summed E-state index contributed by atoms with van der Waals surface area (Å²) < 4.78 is 16.1. The Morgan fingerprint density at radius 2 is 1.81 bits per heavy atom. The molecule has 0 bridgehead atoms. The zero-order valence-corrected chi connectivity index (χ0v) is 15.5. The summed E-state index contributed by atoms with van der Waals surface area (Å²) in [5.74, 6) is 2.11. The summed E-state index contributed by atoms with van der Waals surface area (Å²) in [4.78, 5) is 14.0. The monoisotopic (exact) mass is 358 g/mol. The predicted molar refractivity (Wildman–Crippen MR) is 101 cm³/mol. The number of carbonyl (C=O) groups excluding carboxylic acids is 1. The smallest absolute Gasteiger partial charge is 0.234 e. The van der Waals surface area contributed by atoms with Crippen molar-refractivity contribution < 1.29 is 19.0 Å². The highest BCUT2D eigenvalue weighted by Crippen LogP contribution is 2.25. The van der Waals surface area contributed by atoms with Crippen LogP contribution in [0.2, 0.25) is 0 Å². The lowest BCUT2D eigenvalue weighted by atomic mass is 10.2. The number of para-hydroxylation sites is 2. The van der Waals surface area contributed by atoms with Gasteiger partial charge in [0, 0.05) is 6.54 Å². The van der Waals surface area contributed by atoms with Crippen LogP contribution in [0.4, 0.5) is 0 Å². The number of likely N-dealkylation sites (N-methyl/N-ethyl adjacent to an activating group) is 1. The highest BCUT2D eigenvalue weighted by Gasteiger charge is 2.08. The Bertz CT molecular complexity index is 706. The summed E-state index contributed by atoms with van der Waals surface area (Å²) in [5, 5.41) is 2.86. The molecule has 0 fully saturated rings. The molecule has 2 aromatic rings. The summed E-state index contributed by atoms with van der Waals surface area (Å²) in [5.41, 5.74) is 1.10. The van der Waals surface area contributed by atoms with Gasteiger partial charge in [0.25, 0.3) is 0 Å². The first-order valence-electron chi connectivity index (χ1n) is 8.46. The van der Waals surface area contributed by atoms with Gasteiger partial charge in [-0.15, -0.1) is 0 Å². The van der Waals surface area contributed by atoms with Crippen LogP contribution in [-0.4, -0.2) is 51.8 Å². The number of nitrogens with zero attached hydrogens (tertiary/aromatic N) is 1. The SMILES string of the molecule is COc1cccc(CN(C)CC(=O)NCCOc2ccccc2OC)c1. The van der Waals surface area contributed by atoms with Gasteiger partial charge in [0.15, 0.2) is 11.5 Å². The quantitative estimate of drug-likeness (QED) is 0.661. The third-order valence-electron chi connectivity index (χ3n) is 3.75. The number of hydrogen-bond donors (Lipinski definition) is 1. The summed E-state index contributed by atoms with van der Waals surface area (Å²) in [6.07, 6.45) is 0. The van der Waals surface area contributed by atoms with Gasteiger partial charge in [-0.25, -0.2) is 0 Å². The molecule has 1 N–H and O–H groups in total. The standard InChI is InChI=1S/C20H26N2O4/c1-22(14-16-7-6-8-17(13-16)24-2)15-20(23)21-11-12-26-19-10-5-4-9-18(19)25-3/h4-10,13H,11-12,14-15H2,1-3H3,(H,21,23). The van der Waals surface area contributed by atoms with E-state index in [1.165, 1.54) is 0 Å². The fraction of sp³-hybridized carbons (Fsp3) is 0.350. The van der Waals surface area contributed by atoms with Gasteiger partial charge in [-0.05, 0) is 36.9 Å². The number of nitrogens with one attached hydrogen (secondary N) is 1. The maximum Gasteiger partial charge on any atom is 0.234 e. The Kier molecular flexibility index (Phi) is 7.76. The van der Waals surface area contributed by atoms with Crippen molar-refractivity contribution in [1.82, 2.24) is 10.2 Å². The van der Waals surface area contributed by atoms with Gasteiger partial charge < -0.3 is 19.5 Å². The minimum atomic E-state index is -0.0426. The fourth-order valence-corrected chi connectivity index (χ4v) is 2.53. The van der Waals surface area contributed by atoms with Crippen molar-refractivity contribution in [3.8, 4) is 17.2 Å². The molecule has 6 nitrogen and oxygen atoms in total. The van der Waals surface area contributed by atoms with Crippen molar-refractivity contribution in [3.05, 3.63) is 54.1 Å². The number of ether oxygens (including phenoxy) is 3. The van der Waals surface area contributed by atoms with E-state index >= 15 is 0 Å². The first-order valence-corrected chi connectivity index (χ1v) is 8.46. The molecule has 0 aliphatic rings.